The van der Waals surface area contributed by atoms with Crippen molar-refractivity contribution in [3.63, 3.8) is 0 Å². The van der Waals surface area contributed by atoms with E-state index in [1.807, 2.05) is 0 Å². The molecule has 0 radical (unpaired) electrons. The van der Waals surface area contributed by atoms with Crippen molar-refractivity contribution in [2.24, 2.45) is 13.0 Å². The normalized spacial score (nSPS) is 25.4. The van der Waals surface area contributed by atoms with E-state index in [-0.39, 0.29) is 5.54 Å². The zero-order valence-electron chi connectivity index (χ0n) is 12.7. The van der Waals surface area contributed by atoms with E-state index in [1.165, 1.54) is 11.2 Å². The van der Waals surface area contributed by atoms with Gasteiger partial charge in [0.05, 0.1) is 13.6 Å². The summed E-state index contributed by atoms with van der Waals surface area (Å²) in [6.45, 7) is 11.9. The molecule has 108 valence electrons. The molecule has 2 atom stereocenters. The van der Waals surface area contributed by atoms with Gasteiger partial charge < -0.3 is 5.32 Å². The van der Waals surface area contributed by atoms with Crippen LogP contribution >= 0.6 is 0 Å². The van der Waals surface area contributed by atoms with Crippen LogP contribution in [0.4, 0.5) is 0 Å². The number of aromatic nitrogens is 4. The molecule has 0 saturated carbocycles. The minimum atomic E-state index is 0.128. The van der Waals surface area contributed by atoms with E-state index in [4.69, 9.17) is 0 Å². The first-order valence-corrected chi connectivity index (χ1v) is 7.13. The van der Waals surface area contributed by atoms with Gasteiger partial charge in [-0.25, -0.2) is 0 Å². The standard InChI is InChI=1S/C13H26N6/c1-6-10(2)11-7-19(13(3,4)9-14-11)8-12-15-17-18(5)16-12/h10-11,14H,6-9H2,1-5H3. The van der Waals surface area contributed by atoms with Gasteiger partial charge in [0.1, 0.15) is 0 Å². The smallest absolute Gasteiger partial charge is 0.188 e. The monoisotopic (exact) mass is 266 g/mol. The predicted molar refractivity (Wildman–Crippen MR) is 74.5 cm³/mol. The molecule has 1 aromatic rings. The summed E-state index contributed by atoms with van der Waals surface area (Å²) in [5, 5.41) is 16.0. The second-order valence-electron chi connectivity index (χ2n) is 6.26. The third-order valence-corrected chi connectivity index (χ3v) is 4.28. The van der Waals surface area contributed by atoms with Crippen LogP contribution in [0, 0.1) is 5.92 Å². The second kappa shape index (κ2) is 5.54. The van der Waals surface area contributed by atoms with Gasteiger partial charge in [-0.2, -0.15) is 4.80 Å². The molecule has 0 amide bonds. The summed E-state index contributed by atoms with van der Waals surface area (Å²) < 4.78 is 0. The number of nitrogens with zero attached hydrogens (tertiary/aromatic N) is 5. The highest BCUT2D eigenvalue weighted by atomic mass is 15.6. The minimum Gasteiger partial charge on any atom is -0.311 e. The molecule has 2 heterocycles. The van der Waals surface area contributed by atoms with Gasteiger partial charge in [-0.05, 0) is 25.0 Å². The lowest BCUT2D eigenvalue weighted by Gasteiger charge is -2.47. The van der Waals surface area contributed by atoms with Crippen LogP contribution in [0.5, 0.6) is 0 Å². The minimum absolute atomic E-state index is 0.128. The summed E-state index contributed by atoms with van der Waals surface area (Å²) in [5.74, 6) is 1.49. The maximum Gasteiger partial charge on any atom is 0.188 e. The molecule has 0 spiro atoms. The molecule has 2 unspecified atom stereocenters. The van der Waals surface area contributed by atoms with Crippen LogP contribution in [-0.4, -0.2) is 49.8 Å². The van der Waals surface area contributed by atoms with E-state index in [1.54, 1.807) is 7.05 Å². The number of rotatable bonds is 4. The van der Waals surface area contributed by atoms with Gasteiger partial charge in [-0.3, -0.25) is 4.90 Å². The summed E-state index contributed by atoms with van der Waals surface area (Å²) in [6, 6.07) is 0.551. The number of nitrogens with one attached hydrogen (secondary N) is 1. The molecule has 6 heteroatoms. The third kappa shape index (κ3) is 3.30. The van der Waals surface area contributed by atoms with E-state index in [0.29, 0.717) is 12.0 Å². The Labute approximate surface area is 115 Å². The Hall–Kier alpha value is -1.01. The average Bonchev–Trinajstić information content (AvgIpc) is 2.76. The summed E-state index contributed by atoms with van der Waals surface area (Å²) in [6.07, 6.45) is 1.20. The Morgan fingerprint density at radius 2 is 2.21 bits per heavy atom. The summed E-state index contributed by atoms with van der Waals surface area (Å²) >= 11 is 0. The molecule has 1 aliphatic rings. The molecule has 0 aliphatic carbocycles. The summed E-state index contributed by atoms with van der Waals surface area (Å²) in [5.41, 5.74) is 0.128. The first kappa shape index (κ1) is 14.4. The Balaban J connectivity index is 2.06. The zero-order valence-corrected chi connectivity index (χ0v) is 12.7. The Morgan fingerprint density at radius 1 is 1.47 bits per heavy atom. The molecule has 1 saturated heterocycles. The highest BCUT2D eigenvalue weighted by Crippen LogP contribution is 2.23. The largest absolute Gasteiger partial charge is 0.311 e. The molecular formula is C13H26N6. The molecule has 1 aromatic heterocycles. The molecule has 1 fully saturated rings. The Bertz CT molecular complexity index is 413. The van der Waals surface area contributed by atoms with Gasteiger partial charge in [-0.15, -0.1) is 10.2 Å². The van der Waals surface area contributed by atoms with Crippen molar-refractivity contribution in [2.45, 2.75) is 52.2 Å². The average molecular weight is 266 g/mol. The Kier molecular flexibility index (Phi) is 4.20. The van der Waals surface area contributed by atoms with Gasteiger partial charge in [-0.1, -0.05) is 20.3 Å². The van der Waals surface area contributed by atoms with Crippen LogP contribution in [0.25, 0.3) is 0 Å². The number of hydrogen-bond donors (Lipinski definition) is 1. The molecule has 2 rings (SSSR count). The fraction of sp³-hybridized carbons (Fsp3) is 0.923. The van der Waals surface area contributed by atoms with Crippen molar-refractivity contribution < 1.29 is 0 Å². The number of hydrogen-bond acceptors (Lipinski definition) is 5. The van der Waals surface area contributed by atoms with Crippen LogP contribution in [0.15, 0.2) is 0 Å². The van der Waals surface area contributed by atoms with Crippen LogP contribution in [0.1, 0.15) is 39.9 Å². The van der Waals surface area contributed by atoms with E-state index in [2.05, 4.69) is 53.3 Å². The maximum absolute atomic E-state index is 4.29. The summed E-state index contributed by atoms with van der Waals surface area (Å²) in [4.78, 5) is 3.99. The van der Waals surface area contributed by atoms with Crippen LogP contribution in [0.3, 0.4) is 0 Å². The van der Waals surface area contributed by atoms with Gasteiger partial charge in [0.25, 0.3) is 0 Å². The highest BCUT2D eigenvalue weighted by molar-refractivity contribution is 4.96. The van der Waals surface area contributed by atoms with Crippen LogP contribution in [-0.2, 0) is 13.6 Å². The number of piperazine rings is 1. The molecule has 1 N–H and O–H groups in total. The second-order valence-corrected chi connectivity index (χ2v) is 6.26. The lowest BCUT2D eigenvalue weighted by Crippen LogP contribution is -2.62. The van der Waals surface area contributed by atoms with E-state index in [0.717, 1.165) is 25.5 Å². The molecule has 6 nitrogen and oxygen atoms in total. The van der Waals surface area contributed by atoms with Crippen LogP contribution < -0.4 is 5.32 Å². The zero-order chi connectivity index (χ0) is 14.0. The first-order chi connectivity index (χ1) is 8.92. The SMILES string of the molecule is CCC(C)C1CN(Cc2nnn(C)n2)C(C)(C)CN1. The lowest BCUT2D eigenvalue weighted by molar-refractivity contribution is 0.0426. The van der Waals surface area contributed by atoms with Gasteiger partial charge in [0.2, 0.25) is 0 Å². The van der Waals surface area contributed by atoms with E-state index < -0.39 is 0 Å². The topological polar surface area (TPSA) is 58.9 Å². The fourth-order valence-corrected chi connectivity index (χ4v) is 2.54. The molecule has 19 heavy (non-hydrogen) atoms. The van der Waals surface area contributed by atoms with Gasteiger partial charge in [0, 0.05) is 24.7 Å². The van der Waals surface area contributed by atoms with Crippen molar-refractivity contribution in [3.8, 4) is 0 Å². The van der Waals surface area contributed by atoms with Gasteiger partial charge >= 0.3 is 0 Å². The van der Waals surface area contributed by atoms with Crippen molar-refractivity contribution in [3.05, 3.63) is 5.82 Å². The molecule has 0 aromatic carbocycles. The fourth-order valence-electron chi connectivity index (χ4n) is 2.54. The molecule has 0 bridgehead atoms. The summed E-state index contributed by atoms with van der Waals surface area (Å²) in [7, 11) is 1.81. The van der Waals surface area contributed by atoms with Crippen molar-refractivity contribution in [2.75, 3.05) is 13.1 Å². The first-order valence-electron chi connectivity index (χ1n) is 7.13. The number of tetrazole rings is 1. The van der Waals surface area contributed by atoms with E-state index in [9.17, 15) is 0 Å². The molecule has 1 aliphatic heterocycles. The molecular weight excluding hydrogens is 240 g/mol. The lowest BCUT2D eigenvalue weighted by atomic mass is 9.91. The Morgan fingerprint density at radius 3 is 2.79 bits per heavy atom. The van der Waals surface area contributed by atoms with Crippen molar-refractivity contribution >= 4 is 0 Å². The maximum atomic E-state index is 4.29. The number of aryl methyl sites for hydroxylation is 1. The third-order valence-electron chi connectivity index (χ3n) is 4.28. The van der Waals surface area contributed by atoms with Crippen LogP contribution in [0.2, 0.25) is 0 Å². The van der Waals surface area contributed by atoms with E-state index >= 15 is 0 Å². The highest BCUT2D eigenvalue weighted by Gasteiger charge is 2.35. The van der Waals surface area contributed by atoms with Gasteiger partial charge in [0.15, 0.2) is 5.82 Å². The van der Waals surface area contributed by atoms with Crippen molar-refractivity contribution in [1.82, 2.24) is 30.4 Å². The predicted octanol–water partition coefficient (Wildman–Crippen LogP) is 0.809. The quantitative estimate of drug-likeness (QED) is 0.874. The van der Waals surface area contributed by atoms with Crippen molar-refractivity contribution in [1.29, 1.82) is 0 Å².